The fourth-order valence-corrected chi connectivity index (χ4v) is 10.2. The molecule has 0 fully saturated rings. The molecule has 0 aliphatic rings. The van der Waals surface area contributed by atoms with Crippen LogP contribution in [-0.2, 0) is 28.6 Å². The van der Waals surface area contributed by atoms with E-state index in [0.717, 1.165) is 89.9 Å². The van der Waals surface area contributed by atoms with Crippen molar-refractivity contribution in [1.29, 1.82) is 0 Å². The van der Waals surface area contributed by atoms with Gasteiger partial charge in [0.1, 0.15) is 13.2 Å². The van der Waals surface area contributed by atoms with Crippen molar-refractivity contribution in [3.63, 3.8) is 0 Å². The number of carbonyl (C=O) groups excluding carboxylic acids is 3. The van der Waals surface area contributed by atoms with Gasteiger partial charge < -0.3 is 14.2 Å². The van der Waals surface area contributed by atoms with Crippen molar-refractivity contribution in [2.24, 2.45) is 0 Å². The van der Waals surface area contributed by atoms with Crippen molar-refractivity contribution < 1.29 is 28.6 Å². The van der Waals surface area contributed by atoms with Crippen LogP contribution >= 0.6 is 0 Å². The highest BCUT2D eigenvalue weighted by Crippen LogP contribution is 2.18. The summed E-state index contributed by atoms with van der Waals surface area (Å²) in [6, 6.07) is 0. The minimum Gasteiger partial charge on any atom is -0.462 e. The van der Waals surface area contributed by atoms with Gasteiger partial charge in [-0.2, -0.15) is 0 Å². The highest BCUT2D eigenvalue weighted by molar-refractivity contribution is 5.71. The van der Waals surface area contributed by atoms with Crippen LogP contribution in [0.5, 0.6) is 0 Å². The molecule has 0 heterocycles. The Morgan fingerprint density at radius 2 is 0.487 bits per heavy atom. The normalized spacial score (nSPS) is 12.5. The predicted octanol–water partition coefficient (Wildman–Crippen LogP) is 24.1. The Labute approximate surface area is 497 Å². The molecule has 1 atom stereocenters. The molecule has 0 aromatic heterocycles. The van der Waals surface area contributed by atoms with Gasteiger partial charge in [0.2, 0.25) is 0 Å². The van der Waals surface area contributed by atoms with E-state index in [1.165, 1.54) is 231 Å². The number of unbranched alkanes of at least 4 members (excludes halogenated alkanes) is 41. The van der Waals surface area contributed by atoms with Gasteiger partial charge >= 0.3 is 17.9 Å². The minimum absolute atomic E-state index is 0.0713. The zero-order valence-corrected chi connectivity index (χ0v) is 53.3. The van der Waals surface area contributed by atoms with E-state index in [4.69, 9.17) is 14.2 Å². The van der Waals surface area contributed by atoms with Crippen LogP contribution in [0.25, 0.3) is 0 Å². The Bertz CT molecular complexity index is 1470. The topological polar surface area (TPSA) is 78.9 Å². The highest BCUT2D eigenvalue weighted by Gasteiger charge is 2.19. The van der Waals surface area contributed by atoms with E-state index in [1.54, 1.807) is 0 Å². The van der Waals surface area contributed by atoms with Crippen molar-refractivity contribution in [1.82, 2.24) is 0 Å². The first-order valence-electron chi connectivity index (χ1n) is 34.9. The molecule has 0 saturated heterocycles. The van der Waals surface area contributed by atoms with Crippen molar-refractivity contribution in [3.8, 4) is 0 Å². The molecule has 0 aromatic rings. The largest absolute Gasteiger partial charge is 0.462 e. The summed E-state index contributed by atoms with van der Waals surface area (Å²) in [5, 5.41) is 0. The second-order valence-electron chi connectivity index (χ2n) is 23.4. The van der Waals surface area contributed by atoms with Crippen LogP contribution in [0.2, 0.25) is 0 Å². The Balaban J connectivity index is 4.20. The predicted molar refractivity (Wildman–Crippen MR) is 348 cm³/mol. The molecular formula is C74H132O6. The number of hydrogen-bond donors (Lipinski definition) is 0. The van der Waals surface area contributed by atoms with Crippen LogP contribution in [0.3, 0.4) is 0 Å². The Morgan fingerprint density at radius 1 is 0.263 bits per heavy atom. The number of hydrogen-bond acceptors (Lipinski definition) is 6. The lowest BCUT2D eigenvalue weighted by molar-refractivity contribution is -0.167. The molecule has 0 aliphatic heterocycles. The maximum absolute atomic E-state index is 12.9. The SMILES string of the molecule is CC/C=C\C/C=C\C/C=C\C/C=C\C/C=C\CCCCCCCCCCCCCCCCCC(=O)OCC(COC(=O)CCCCCCCCCCCCCCC)OC(=O)CCCCCCCCC/C=C\CCCCCCCCC. The lowest BCUT2D eigenvalue weighted by Gasteiger charge is -2.18. The fourth-order valence-electron chi connectivity index (χ4n) is 10.2. The van der Waals surface area contributed by atoms with Crippen molar-refractivity contribution in [2.45, 2.75) is 367 Å². The van der Waals surface area contributed by atoms with Crippen LogP contribution in [0, 0.1) is 0 Å². The number of allylic oxidation sites excluding steroid dienone is 12. The number of carbonyl (C=O) groups is 3. The molecule has 0 saturated carbocycles. The van der Waals surface area contributed by atoms with E-state index < -0.39 is 6.10 Å². The first kappa shape index (κ1) is 76.9. The second kappa shape index (κ2) is 68.3. The highest BCUT2D eigenvalue weighted by atomic mass is 16.6. The Hall–Kier alpha value is -3.15. The molecule has 464 valence electrons. The second-order valence-corrected chi connectivity index (χ2v) is 23.4. The molecule has 0 bridgehead atoms. The molecule has 0 spiro atoms. The summed E-state index contributed by atoms with van der Waals surface area (Å²) in [5.74, 6) is -0.854. The first-order chi connectivity index (χ1) is 39.5. The van der Waals surface area contributed by atoms with Crippen LogP contribution in [0.15, 0.2) is 72.9 Å². The van der Waals surface area contributed by atoms with Crippen molar-refractivity contribution in [3.05, 3.63) is 72.9 Å². The summed E-state index contributed by atoms with van der Waals surface area (Å²) in [6.45, 7) is 6.57. The monoisotopic (exact) mass is 1120 g/mol. The van der Waals surface area contributed by atoms with E-state index in [0.29, 0.717) is 19.3 Å². The standard InChI is InChI=1S/C74H132O6/c1-4-7-10-13-16-19-22-25-27-29-31-32-33-34-35-36-37-38-39-40-41-42-43-45-46-49-52-55-58-61-64-67-73(76)79-70-71(69-78-72(75)66-63-60-57-54-51-48-24-21-18-15-12-9-6-3)80-74(77)68-65-62-59-56-53-50-47-44-30-28-26-23-20-17-14-11-8-5-2/h7,10,16,19,25,27-28,30-32,34-35,71H,4-6,8-9,11-15,17-18,20-24,26,29,33,36-70H2,1-3H3/b10-7-,19-16-,27-25-,30-28-,32-31-,35-34-. The number of rotatable bonds is 64. The summed E-state index contributed by atoms with van der Waals surface area (Å²) in [4.78, 5) is 38.4. The third-order valence-corrected chi connectivity index (χ3v) is 15.4. The smallest absolute Gasteiger partial charge is 0.306 e. The van der Waals surface area contributed by atoms with Crippen LogP contribution < -0.4 is 0 Å². The van der Waals surface area contributed by atoms with E-state index in [1.807, 2.05) is 0 Å². The van der Waals surface area contributed by atoms with E-state index >= 15 is 0 Å². The summed E-state index contributed by atoms with van der Waals surface area (Å²) >= 11 is 0. The van der Waals surface area contributed by atoms with Gasteiger partial charge in [0.25, 0.3) is 0 Å². The van der Waals surface area contributed by atoms with Gasteiger partial charge in [-0.3, -0.25) is 14.4 Å². The molecule has 0 aromatic carbocycles. The van der Waals surface area contributed by atoms with Gasteiger partial charge in [-0.25, -0.2) is 0 Å². The zero-order valence-electron chi connectivity index (χ0n) is 53.3. The lowest BCUT2D eigenvalue weighted by Crippen LogP contribution is -2.30. The first-order valence-corrected chi connectivity index (χ1v) is 34.9. The lowest BCUT2D eigenvalue weighted by atomic mass is 10.0. The summed E-state index contributed by atoms with van der Waals surface area (Å²) in [6.07, 6.45) is 89.3. The van der Waals surface area contributed by atoms with Gasteiger partial charge in [0, 0.05) is 19.3 Å². The maximum atomic E-state index is 12.9. The van der Waals surface area contributed by atoms with Crippen LogP contribution in [0.4, 0.5) is 0 Å². The van der Waals surface area contributed by atoms with E-state index in [-0.39, 0.29) is 31.1 Å². The summed E-state index contributed by atoms with van der Waals surface area (Å²) in [7, 11) is 0. The van der Waals surface area contributed by atoms with Crippen LogP contribution in [-0.4, -0.2) is 37.2 Å². The molecule has 0 aliphatic carbocycles. The Kier molecular flexibility index (Phi) is 65.7. The van der Waals surface area contributed by atoms with Gasteiger partial charge in [0.15, 0.2) is 6.10 Å². The molecule has 80 heavy (non-hydrogen) atoms. The number of ether oxygens (including phenoxy) is 3. The maximum Gasteiger partial charge on any atom is 0.306 e. The van der Waals surface area contributed by atoms with Gasteiger partial charge in [-0.1, -0.05) is 325 Å². The van der Waals surface area contributed by atoms with Crippen LogP contribution in [0.1, 0.15) is 361 Å². The average molecular weight is 1120 g/mol. The Morgan fingerprint density at radius 3 is 0.775 bits per heavy atom. The zero-order chi connectivity index (χ0) is 57.8. The third-order valence-electron chi connectivity index (χ3n) is 15.4. The molecule has 0 radical (unpaired) electrons. The summed E-state index contributed by atoms with van der Waals surface area (Å²) < 4.78 is 17.0. The molecular weight excluding hydrogens is 985 g/mol. The van der Waals surface area contributed by atoms with Crippen molar-refractivity contribution >= 4 is 17.9 Å². The van der Waals surface area contributed by atoms with Gasteiger partial charge in [-0.05, 0) is 89.9 Å². The average Bonchev–Trinajstić information content (AvgIpc) is 3.46. The quantitative estimate of drug-likeness (QED) is 0.0261. The van der Waals surface area contributed by atoms with Gasteiger partial charge in [-0.15, -0.1) is 0 Å². The van der Waals surface area contributed by atoms with E-state index in [2.05, 4.69) is 93.7 Å². The summed E-state index contributed by atoms with van der Waals surface area (Å²) in [5.41, 5.74) is 0. The molecule has 6 heteroatoms. The third kappa shape index (κ3) is 65.7. The van der Waals surface area contributed by atoms with Crippen molar-refractivity contribution in [2.75, 3.05) is 13.2 Å². The fraction of sp³-hybridized carbons (Fsp3) is 0.797. The van der Waals surface area contributed by atoms with E-state index in [9.17, 15) is 14.4 Å². The molecule has 0 amide bonds. The molecule has 6 nitrogen and oxygen atoms in total. The molecule has 0 N–H and O–H groups in total. The minimum atomic E-state index is -0.775. The number of esters is 3. The van der Waals surface area contributed by atoms with Gasteiger partial charge in [0.05, 0.1) is 0 Å². The molecule has 1 unspecified atom stereocenters. The molecule has 0 rings (SSSR count).